The third-order valence-corrected chi connectivity index (χ3v) is 2.12. The molecule has 0 fully saturated rings. The number of hydrogen-bond donors (Lipinski definition) is 0. The van der Waals surface area contributed by atoms with Crippen LogP contribution in [0.3, 0.4) is 0 Å². The largest absolute Gasteiger partial charge is 0.298 e. The summed E-state index contributed by atoms with van der Waals surface area (Å²) in [5.74, 6) is 0. The molecule has 0 unspecified atom stereocenters. The first kappa shape index (κ1) is 11.6. The van der Waals surface area contributed by atoms with Crippen molar-refractivity contribution in [2.24, 2.45) is 0 Å². The molecule has 0 aliphatic heterocycles. The third-order valence-electron chi connectivity index (χ3n) is 2.12. The minimum Gasteiger partial charge on any atom is -0.298 e. The van der Waals surface area contributed by atoms with Gasteiger partial charge in [-0.2, -0.15) is 0 Å². The Morgan fingerprint density at radius 3 is 1.19 bits per heavy atom. The predicted molar refractivity (Wildman–Crippen MR) is 53.4 cm³/mol. The van der Waals surface area contributed by atoms with E-state index in [2.05, 4.69) is 0 Å². The van der Waals surface area contributed by atoms with Crippen molar-refractivity contribution in [2.45, 2.75) is 0 Å². The van der Waals surface area contributed by atoms with E-state index >= 15 is 0 Å². The van der Waals surface area contributed by atoms with Gasteiger partial charge in [0.25, 0.3) is 0 Å². The second-order valence-electron chi connectivity index (χ2n) is 2.89. The van der Waals surface area contributed by atoms with Crippen LogP contribution in [0.5, 0.6) is 0 Å². The van der Waals surface area contributed by atoms with E-state index in [1.165, 1.54) is 0 Å². The molecule has 5 nitrogen and oxygen atoms in total. The van der Waals surface area contributed by atoms with Gasteiger partial charge < -0.3 is 0 Å². The molecule has 0 aliphatic carbocycles. The van der Waals surface area contributed by atoms with Crippen molar-refractivity contribution < 1.29 is 24.0 Å². The molecule has 80 valence electrons. The van der Waals surface area contributed by atoms with Gasteiger partial charge in [0.05, 0.1) is 0 Å². The molecule has 5 heteroatoms. The molecule has 0 atom stereocenters. The maximum Gasteiger partial charge on any atom is 0.151 e. The highest BCUT2D eigenvalue weighted by Gasteiger charge is 2.16. The molecule has 0 aliphatic rings. The average Bonchev–Trinajstić information content (AvgIpc) is 2.35. The fourth-order valence-electron chi connectivity index (χ4n) is 1.36. The van der Waals surface area contributed by atoms with Crippen LogP contribution in [-0.2, 0) is 0 Å². The van der Waals surface area contributed by atoms with Crippen LogP contribution < -0.4 is 0 Å². The lowest BCUT2D eigenvalue weighted by Gasteiger charge is -2.06. The fourth-order valence-corrected chi connectivity index (χ4v) is 1.36. The van der Waals surface area contributed by atoms with Gasteiger partial charge in [0.2, 0.25) is 0 Å². The van der Waals surface area contributed by atoms with E-state index in [4.69, 9.17) is 0 Å². The molecule has 16 heavy (non-hydrogen) atoms. The molecule has 0 bridgehead atoms. The lowest BCUT2D eigenvalue weighted by Crippen LogP contribution is -2.06. The van der Waals surface area contributed by atoms with Crippen LogP contribution >= 0.6 is 0 Å². The lowest BCUT2D eigenvalue weighted by atomic mass is 9.94. The summed E-state index contributed by atoms with van der Waals surface area (Å²) in [5.41, 5.74) is -0.790. The Hall–Kier alpha value is -2.43. The number of aldehydes is 5. The van der Waals surface area contributed by atoms with Crippen molar-refractivity contribution in [3.05, 3.63) is 33.9 Å². The number of carbonyl (C=O) groups is 5. The van der Waals surface area contributed by atoms with Crippen molar-refractivity contribution in [3.8, 4) is 0 Å². The summed E-state index contributed by atoms with van der Waals surface area (Å²) in [6.45, 7) is 0. The Kier molecular flexibility index (Phi) is 3.55. The summed E-state index contributed by atoms with van der Waals surface area (Å²) in [6, 6.07) is 1.10. The summed E-state index contributed by atoms with van der Waals surface area (Å²) in [4.78, 5) is 53.5. The Morgan fingerprint density at radius 2 is 0.938 bits per heavy atom. The fraction of sp³-hybridized carbons (Fsp3) is 0. The molecule has 1 aromatic rings. The van der Waals surface area contributed by atoms with Gasteiger partial charge in [0.15, 0.2) is 31.4 Å². The first-order valence-electron chi connectivity index (χ1n) is 4.20. The van der Waals surface area contributed by atoms with Crippen LogP contribution in [0.2, 0.25) is 0 Å². The first-order chi connectivity index (χ1) is 7.73. The highest BCUT2D eigenvalue weighted by atomic mass is 16.1. The molecule has 0 saturated carbocycles. The van der Waals surface area contributed by atoms with Gasteiger partial charge in [-0.25, -0.2) is 0 Å². The van der Waals surface area contributed by atoms with Crippen LogP contribution in [0.15, 0.2) is 6.07 Å². The van der Waals surface area contributed by atoms with E-state index in [-0.39, 0.29) is 34.1 Å². The molecular weight excluding hydrogens is 212 g/mol. The molecule has 0 aromatic heterocycles. The van der Waals surface area contributed by atoms with Crippen LogP contribution in [-0.4, -0.2) is 31.4 Å². The maximum atomic E-state index is 10.8. The van der Waals surface area contributed by atoms with Gasteiger partial charge in [-0.3, -0.25) is 24.0 Å². The summed E-state index contributed by atoms with van der Waals surface area (Å²) >= 11 is 0. The van der Waals surface area contributed by atoms with Crippen LogP contribution in [0.4, 0.5) is 0 Å². The van der Waals surface area contributed by atoms with Gasteiger partial charge in [0, 0.05) is 27.8 Å². The van der Waals surface area contributed by atoms with E-state index in [1.54, 1.807) is 0 Å². The van der Waals surface area contributed by atoms with E-state index in [1.807, 2.05) is 0 Å². The van der Waals surface area contributed by atoms with Crippen LogP contribution in [0.25, 0.3) is 0 Å². The Bertz CT molecular complexity index is 449. The molecule has 0 spiro atoms. The normalized spacial score (nSPS) is 9.25. The Balaban J connectivity index is 3.80. The second kappa shape index (κ2) is 4.88. The zero-order chi connectivity index (χ0) is 12.1. The zero-order valence-electron chi connectivity index (χ0n) is 8.01. The van der Waals surface area contributed by atoms with Crippen LogP contribution in [0, 0.1) is 0 Å². The molecule has 0 heterocycles. The van der Waals surface area contributed by atoms with E-state index < -0.39 is 0 Å². The molecule has 0 saturated heterocycles. The van der Waals surface area contributed by atoms with Gasteiger partial charge >= 0.3 is 0 Å². The summed E-state index contributed by atoms with van der Waals surface area (Å²) in [7, 11) is 0. The molecule has 1 aromatic carbocycles. The Labute approximate surface area is 90.1 Å². The van der Waals surface area contributed by atoms with Crippen LogP contribution in [0.1, 0.15) is 51.8 Å². The van der Waals surface area contributed by atoms with Gasteiger partial charge in [-0.1, -0.05) is 0 Å². The van der Waals surface area contributed by atoms with Gasteiger partial charge in [0.1, 0.15) is 0 Å². The van der Waals surface area contributed by atoms with Gasteiger partial charge in [-0.05, 0) is 6.07 Å². The van der Waals surface area contributed by atoms with Crippen molar-refractivity contribution in [2.75, 3.05) is 0 Å². The summed E-state index contributed by atoms with van der Waals surface area (Å²) in [5, 5.41) is 0. The maximum absolute atomic E-state index is 10.8. The van der Waals surface area contributed by atoms with Gasteiger partial charge in [-0.15, -0.1) is 0 Å². The quantitative estimate of drug-likeness (QED) is 0.680. The Morgan fingerprint density at radius 1 is 0.562 bits per heavy atom. The van der Waals surface area contributed by atoms with Crippen molar-refractivity contribution in [1.82, 2.24) is 0 Å². The molecular formula is C11H6O5. The number of rotatable bonds is 5. The smallest absolute Gasteiger partial charge is 0.151 e. The monoisotopic (exact) mass is 218 g/mol. The zero-order valence-corrected chi connectivity index (χ0v) is 8.01. The van der Waals surface area contributed by atoms with E-state index in [0.717, 1.165) is 6.07 Å². The summed E-state index contributed by atoms with van der Waals surface area (Å²) in [6.07, 6.45) is 1.56. The first-order valence-corrected chi connectivity index (χ1v) is 4.20. The molecule has 0 radical (unpaired) electrons. The van der Waals surface area contributed by atoms with E-state index in [9.17, 15) is 24.0 Å². The van der Waals surface area contributed by atoms with Crippen molar-refractivity contribution >= 4 is 31.4 Å². The minimum absolute atomic E-state index is 0.0928. The number of hydrogen-bond acceptors (Lipinski definition) is 5. The molecule has 0 N–H and O–H groups in total. The number of carbonyl (C=O) groups excluding carboxylic acids is 5. The number of benzene rings is 1. The van der Waals surface area contributed by atoms with E-state index in [0.29, 0.717) is 25.1 Å². The highest BCUT2D eigenvalue weighted by molar-refractivity contribution is 6.07. The lowest BCUT2D eigenvalue weighted by molar-refractivity contribution is 0.107. The average molecular weight is 218 g/mol. The topological polar surface area (TPSA) is 85.3 Å². The molecule has 0 amide bonds. The predicted octanol–water partition coefficient (Wildman–Crippen LogP) is 0.749. The highest BCUT2D eigenvalue weighted by Crippen LogP contribution is 2.17. The second-order valence-corrected chi connectivity index (χ2v) is 2.89. The minimum atomic E-state index is -0.239. The standard InChI is InChI=1S/C11H6O5/c12-2-7-1-8(3-13)10(5-15)11(6-16)9(7)4-14/h1-6H. The third kappa shape index (κ3) is 1.70. The SMILES string of the molecule is O=Cc1cc(C=O)c(C=O)c(C=O)c1C=O. The summed E-state index contributed by atoms with van der Waals surface area (Å²) < 4.78 is 0. The van der Waals surface area contributed by atoms with Crippen molar-refractivity contribution in [1.29, 1.82) is 0 Å². The molecule has 1 rings (SSSR count). The van der Waals surface area contributed by atoms with Crippen molar-refractivity contribution in [3.63, 3.8) is 0 Å².